The third-order valence-electron chi connectivity index (χ3n) is 9.69. The third-order valence-corrected chi connectivity index (χ3v) is 10.4. The fraction of sp³-hybridized carbons (Fsp3) is 0.293. The lowest BCUT2D eigenvalue weighted by Gasteiger charge is -2.36. The molecule has 0 spiro atoms. The Morgan fingerprint density at radius 1 is 0.962 bits per heavy atom. The van der Waals surface area contributed by atoms with E-state index in [1.165, 1.54) is 12.1 Å². The molecule has 2 heterocycles. The average molecular weight is 784 g/mol. The Kier molecular flexibility index (Phi) is 11.9. The fourth-order valence-electron chi connectivity index (χ4n) is 6.62. The van der Waals surface area contributed by atoms with Gasteiger partial charge in [0.05, 0.1) is 44.5 Å². The van der Waals surface area contributed by atoms with Crippen LogP contribution in [0.3, 0.4) is 0 Å². The number of nitrogens with one attached hydrogen (secondary N) is 4. The van der Waals surface area contributed by atoms with Crippen LogP contribution >= 0.6 is 15.9 Å². The number of carbonyl (C=O) groups excluding carboxylic acids is 2. The molecule has 4 aromatic carbocycles. The third kappa shape index (κ3) is 9.91. The number of phenols is 1. The molecule has 6 N–H and O–H groups in total. The molecule has 6 rings (SSSR count). The van der Waals surface area contributed by atoms with Crippen molar-refractivity contribution in [1.29, 1.82) is 0 Å². The molecule has 0 aliphatic carbocycles. The number of hydrogen-bond donors (Lipinski definition) is 6. The van der Waals surface area contributed by atoms with Crippen molar-refractivity contribution in [3.8, 4) is 16.9 Å². The van der Waals surface area contributed by atoms with Crippen LogP contribution < -0.4 is 21.5 Å². The lowest BCUT2D eigenvalue weighted by molar-refractivity contribution is -0.896. The van der Waals surface area contributed by atoms with E-state index in [0.717, 1.165) is 57.1 Å². The van der Waals surface area contributed by atoms with E-state index in [4.69, 9.17) is 4.74 Å². The van der Waals surface area contributed by atoms with E-state index in [9.17, 15) is 24.6 Å². The zero-order chi connectivity index (χ0) is 37.5. The van der Waals surface area contributed by atoms with Gasteiger partial charge in [0.15, 0.2) is 0 Å². The second-order valence-corrected chi connectivity index (χ2v) is 15.0. The molecule has 1 saturated heterocycles. The van der Waals surface area contributed by atoms with Gasteiger partial charge in [-0.15, -0.1) is 0 Å². The maximum atomic E-state index is 13.0. The van der Waals surface area contributed by atoms with Gasteiger partial charge in [-0.2, -0.15) is 0 Å². The van der Waals surface area contributed by atoms with Crippen LogP contribution in [0.2, 0.25) is 0 Å². The molecule has 53 heavy (non-hydrogen) atoms. The number of hydrogen-bond acceptors (Lipinski definition) is 7. The SMILES string of the molecule is C[N+]1(C)CCC(OC(=O)Nc2cc(CCC(=O)Nc3ccc(CNC[C@@H](O)c4ccc(O)c5[nH]c(=O)ccc45)c(Br)c3)ccc2-c2ccccc2)CC1. The summed E-state index contributed by atoms with van der Waals surface area (Å²) in [6.07, 6.45) is 0.893. The summed E-state index contributed by atoms with van der Waals surface area (Å²) in [7, 11) is 4.38. The molecule has 5 aromatic rings. The first-order chi connectivity index (χ1) is 25.4. The Hall–Kier alpha value is -5.01. The average Bonchev–Trinajstić information content (AvgIpc) is 3.13. The zero-order valence-corrected chi connectivity index (χ0v) is 31.4. The number of phenolic OH excluding ortho intramolecular Hbond substituents is 1. The van der Waals surface area contributed by atoms with Crippen LogP contribution in [0.25, 0.3) is 22.0 Å². The van der Waals surface area contributed by atoms with Gasteiger partial charge < -0.3 is 35.1 Å². The fourth-order valence-corrected chi connectivity index (χ4v) is 7.14. The Morgan fingerprint density at radius 2 is 1.74 bits per heavy atom. The molecular weight excluding hydrogens is 738 g/mol. The summed E-state index contributed by atoms with van der Waals surface area (Å²) >= 11 is 3.60. The van der Waals surface area contributed by atoms with Crippen molar-refractivity contribution in [2.24, 2.45) is 0 Å². The molecule has 276 valence electrons. The summed E-state index contributed by atoms with van der Waals surface area (Å²) in [5.74, 6) is -0.206. The van der Waals surface area contributed by atoms with E-state index in [1.54, 1.807) is 12.1 Å². The number of halogens is 1. The number of aromatic hydroxyl groups is 1. The molecule has 0 saturated carbocycles. The molecule has 2 amide bonds. The number of fused-ring (bicyclic) bond motifs is 1. The topological polar surface area (TPSA) is 153 Å². The highest BCUT2D eigenvalue weighted by molar-refractivity contribution is 9.10. The molecule has 12 heteroatoms. The standard InChI is InChI=1S/C41H44BrN5O6/c1-47(2)20-18-30(19-21-47)53-41(52)45-35-22-26(8-12-31(35)27-6-4-3-5-7-27)9-16-38(50)44-29-11-10-28(34(42)23-29)24-43-25-37(49)32-13-15-36(48)40-33(32)14-17-39(51)46-40/h3-8,10-15,17,22-23,30,37,43,49H,9,16,18-21,24-25H2,1-2H3,(H3-,44,45,46,48,50,51,52)/p+1/t37-/m1/s1. The highest BCUT2D eigenvalue weighted by Crippen LogP contribution is 2.31. The monoisotopic (exact) mass is 782 g/mol. The number of amides is 2. The van der Waals surface area contributed by atoms with Crippen LogP contribution in [0.1, 0.15) is 42.1 Å². The quantitative estimate of drug-likeness (QED) is 0.0758. The molecule has 1 fully saturated rings. The van der Waals surface area contributed by atoms with Crippen LogP contribution in [-0.4, -0.2) is 71.5 Å². The number of anilines is 2. The summed E-state index contributed by atoms with van der Waals surface area (Å²) in [5.41, 5.74) is 5.49. The number of benzene rings is 4. The predicted molar refractivity (Wildman–Crippen MR) is 211 cm³/mol. The maximum Gasteiger partial charge on any atom is 0.411 e. The van der Waals surface area contributed by atoms with Gasteiger partial charge in [0.25, 0.3) is 0 Å². The van der Waals surface area contributed by atoms with Gasteiger partial charge in [0, 0.05) is 59.5 Å². The number of rotatable bonds is 12. The number of quaternary nitrogens is 1. The number of aliphatic hydroxyl groups excluding tert-OH is 1. The lowest BCUT2D eigenvalue weighted by atomic mass is 9.99. The molecular formula is C41H45BrN5O6+. The van der Waals surface area contributed by atoms with E-state index in [1.807, 2.05) is 66.7 Å². The second kappa shape index (κ2) is 16.8. The minimum absolute atomic E-state index is 0.0610. The predicted octanol–water partition coefficient (Wildman–Crippen LogP) is 6.85. The van der Waals surface area contributed by atoms with Crippen LogP contribution in [0.15, 0.2) is 100 Å². The molecule has 1 aliphatic heterocycles. The minimum Gasteiger partial charge on any atom is -0.506 e. The van der Waals surface area contributed by atoms with Gasteiger partial charge in [-0.25, -0.2) is 4.79 Å². The Bertz CT molecular complexity index is 2140. The van der Waals surface area contributed by atoms with Crippen LogP contribution in [0.4, 0.5) is 16.2 Å². The van der Waals surface area contributed by atoms with Crippen molar-refractivity contribution in [3.05, 3.63) is 123 Å². The van der Waals surface area contributed by atoms with Crippen molar-refractivity contribution in [2.45, 2.75) is 44.4 Å². The Balaban J connectivity index is 1.03. The molecule has 11 nitrogen and oxygen atoms in total. The second-order valence-electron chi connectivity index (χ2n) is 14.1. The number of aromatic amines is 1. The highest BCUT2D eigenvalue weighted by atomic mass is 79.9. The largest absolute Gasteiger partial charge is 0.506 e. The van der Waals surface area contributed by atoms with E-state index in [2.05, 4.69) is 51.0 Å². The van der Waals surface area contributed by atoms with Gasteiger partial charge in [0.1, 0.15) is 11.9 Å². The number of nitrogens with zero attached hydrogens (tertiary/aromatic N) is 1. The van der Waals surface area contributed by atoms with E-state index in [-0.39, 0.29) is 41.8 Å². The van der Waals surface area contributed by atoms with Crippen LogP contribution in [0.5, 0.6) is 5.75 Å². The zero-order valence-electron chi connectivity index (χ0n) is 29.8. The molecule has 1 atom stereocenters. The van der Waals surface area contributed by atoms with Crippen molar-refractivity contribution in [3.63, 3.8) is 0 Å². The first-order valence-corrected chi connectivity index (χ1v) is 18.5. The first kappa shape index (κ1) is 37.7. The number of aliphatic hydroxyl groups is 1. The van der Waals surface area contributed by atoms with Gasteiger partial charge >= 0.3 is 6.09 Å². The normalized spacial score (nSPS) is 14.8. The van der Waals surface area contributed by atoms with E-state index < -0.39 is 12.2 Å². The smallest absolute Gasteiger partial charge is 0.411 e. The number of H-pyrrole nitrogens is 1. The Labute approximate surface area is 316 Å². The Morgan fingerprint density at radius 3 is 2.49 bits per heavy atom. The number of likely N-dealkylation sites (tertiary alicyclic amines) is 1. The molecule has 0 radical (unpaired) electrons. The summed E-state index contributed by atoms with van der Waals surface area (Å²) in [5, 5.41) is 30.8. The van der Waals surface area contributed by atoms with Crippen molar-refractivity contribution in [1.82, 2.24) is 10.3 Å². The van der Waals surface area contributed by atoms with Crippen molar-refractivity contribution < 1.29 is 29.0 Å². The lowest BCUT2D eigenvalue weighted by Crippen LogP contribution is -2.48. The van der Waals surface area contributed by atoms with Crippen LogP contribution in [-0.2, 0) is 22.5 Å². The van der Waals surface area contributed by atoms with E-state index in [0.29, 0.717) is 35.3 Å². The number of aryl methyl sites for hydroxylation is 1. The number of pyridine rings is 1. The van der Waals surface area contributed by atoms with Crippen molar-refractivity contribution >= 4 is 50.2 Å². The minimum atomic E-state index is -0.884. The van der Waals surface area contributed by atoms with Crippen LogP contribution in [0, 0.1) is 0 Å². The van der Waals surface area contributed by atoms with Gasteiger partial charge in [0.2, 0.25) is 11.5 Å². The molecule has 1 aliphatic rings. The summed E-state index contributed by atoms with van der Waals surface area (Å²) < 4.78 is 7.53. The van der Waals surface area contributed by atoms with Gasteiger partial charge in [-0.05, 0) is 59.0 Å². The summed E-state index contributed by atoms with van der Waals surface area (Å²) in [6.45, 7) is 2.59. The van der Waals surface area contributed by atoms with E-state index >= 15 is 0 Å². The molecule has 0 bridgehead atoms. The highest BCUT2D eigenvalue weighted by Gasteiger charge is 2.28. The summed E-state index contributed by atoms with van der Waals surface area (Å²) in [4.78, 5) is 40.4. The van der Waals surface area contributed by atoms with Crippen molar-refractivity contribution in [2.75, 3.05) is 44.4 Å². The van der Waals surface area contributed by atoms with Gasteiger partial charge in [-0.1, -0.05) is 70.5 Å². The first-order valence-electron chi connectivity index (χ1n) is 17.7. The van der Waals surface area contributed by atoms with Gasteiger partial charge in [-0.3, -0.25) is 14.9 Å². The maximum absolute atomic E-state index is 13.0. The summed E-state index contributed by atoms with van der Waals surface area (Å²) in [6, 6.07) is 27.3. The number of carbonyl (C=O) groups is 2. The molecule has 0 unspecified atom stereocenters. The molecule has 1 aromatic heterocycles. The number of piperidine rings is 1. The number of aromatic nitrogens is 1. The number of ether oxygens (including phenoxy) is 1.